The third kappa shape index (κ3) is 4.29. The maximum atomic E-state index is 11.3. The number of hydrogen-bond acceptors (Lipinski definition) is 7. The lowest BCUT2D eigenvalue weighted by atomic mass is 10.1. The number of thiophene rings is 1. The molecule has 1 N–H and O–H groups in total. The molecular weight excluding hydrogens is 392 g/mol. The molecule has 140 valence electrons. The monoisotopic (exact) mass is 406 g/mol. The highest BCUT2D eigenvalue weighted by Gasteiger charge is 2.17. The van der Waals surface area contributed by atoms with Crippen LogP contribution in [0.1, 0.15) is 17.9 Å². The molecule has 0 unspecified atom stereocenters. The van der Waals surface area contributed by atoms with Crippen LogP contribution in [0.15, 0.2) is 33.5 Å². The Kier molecular flexibility index (Phi) is 5.78. The Labute approximate surface area is 163 Å². The zero-order valence-corrected chi connectivity index (χ0v) is 16.0. The van der Waals surface area contributed by atoms with Gasteiger partial charge in [0, 0.05) is 16.5 Å². The Hall–Kier alpha value is -2.84. The highest BCUT2D eigenvalue weighted by molar-refractivity contribution is 7.08. The van der Waals surface area contributed by atoms with Gasteiger partial charge >= 0.3 is 5.97 Å². The van der Waals surface area contributed by atoms with E-state index in [1.54, 1.807) is 18.2 Å². The topological polar surface area (TPSA) is 94.7 Å². The van der Waals surface area contributed by atoms with E-state index < -0.39 is 5.97 Å². The zero-order chi connectivity index (χ0) is 19.4. The molecule has 3 aromatic rings. The number of methoxy groups -OCH3 is 2. The van der Waals surface area contributed by atoms with E-state index in [1.165, 1.54) is 25.6 Å². The molecule has 3 rings (SSSR count). The average molecular weight is 407 g/mol. The fourth-order valence-corrected chi connectivity index (χ4v) is 3.37. The Bertz CT molecular complexity index is 982. The summed E-state index contributed by atoms with van der Waals surface area (Å²) in [6.07, 6.45) is 1.32. The minimum absolute atomic E-state index is 0.129. The molecule has 7 nitrogen and oxygen atoms in total. The summed E-state index contributed by atoms with van der Waals surface area (Å²) in [7, 11) is 2.98. The van der Waals surface area contributed by atoms with Crippen molar-refractivity contribution < 1.29 is 23.9 Å². The standard InChI is InChI=1S/C18H15ClN2O5S/c1-24-14-7-10(6-13(19)16(14)25-2)5-12(8-15(22)23)18-20-17(21-26-18)11-3-4-27-9-11/h3-7,9H,8H2,1-2H3,(H,22,23)/b12-5+. The van der Waals surface area contributed by atoms with Gasteiger partial charge in [-0.05, 0) is 35.2 Å². The summed E-state index contributed by atoms with van der Waals surface area (Å²) in [6.45, 7) is 0. The van der Waals surface area contributed by atoms with Crippen molar-refractivity contribution in [2.45, 2.75) is 6.42 Å². The molecule has 9 heteroatoms. The molecule has 0 spiro atoms. The number of hydrogen-bond donors (Lipinski definition) is 1. The van der Waals surface area contributed by atoms with Crippen molar-refractivity contribution in [2.24, 2.45) is 0 Å². The van der Waals surface area contributed by atoms with E-state index in [0.29, 0.717) is 33.5 Å². The predicted octanol–water partition coefficient (Wildman–Crippen LogP) is 4.48. The van der Waals surface area contributed by atoms with Crippen LogP contribution in [0.2, 0.25) is 5.02 Å². The molecule has 27 heavy (non-hydrogen) atoms. The molecule has 1 aromatic carbocycles. The van der Waals surface area contributed by atoms with Crippen molar-refractivity contribution in [1.82, 2.24) is 10.1 Å². The summed E-state index contributed by atoms with van der Waals surface area (Å²) in [5.41, 5.74) is 1.77. The van der Waals surface area contributed by atoms with Gasteiger partial charge < -0.3 is 19.1 Å². The van der Waals surface area contributed by atoms with Crippen molar-refractivity contribution in [1.29, 1.82) is 0 Å². The van der Waals surface area contributed by atoms with E-state index in [-0.39, 0.29) is 12.3 Å². The van der Waals surface area contributed by atoms with E-state index in [4.69, 9.17) is 25.6 Å². The van der Waals surface area contributed by atoms with E-state index in [9.17, 15) is 9.90 Å². The van der Waals surface area contributed by atoms with Gasteiger partial charge in [-0.1, -0.05) is 16.8 Å². The molecule has 2 heterocycles. The van der Waals surface area contributed by atoms with Crippen LogP contribution in [0.5, 0.6) is 11.5 Å². The number of nitrogens with zero attached hydrogens (tertiary/aromatic N) is 2. The van der Waals surface area contributed by atoms with Gasteiger partial charge in [0.25, 0.3) is 5.89 Å². The van der Waals surface area contributed by atoms with Crippen LogP contribution < -0.4 is 9.47 Å². The molecule has 0 fully saturated rings. The predicted molar refractivity (Wildman–Crippen MR) is 102 cm³/mol. The van der Waals surface area contributed by atoms with Crippen LogP contribution in [-0.2, 0) is 4.79 Å². The second kappa shape index (κ2) is 8.24. The molecule has 0 aliphatic heterocycles. The van der Waals surface area contributed by atoms with Gasteiger partial charge in [0.05, 0.1) is 25.7 Å². The van der Waals surface area contributed by atoms with Gasteiger partial charge in [0.15, 0.2) is 11.5 Å². The molecule has 0 radical (unpaired) electrons. The molecular formula is C18H15ClN2O5S. The first-order valence-corrected chi connectivity index (χ1v) is 9.04. The number of carboxylic acid groups (broad SMARTS) is 1. The summed E-state index contributed by atoms with van der Waals surface area (Å²) in [4.78, 5) is 15.6. The zero-order valence-electron chi connectivity index (χ0n) is 14.4. The molecule has 0 atom stereocenters. The van der Waals surface area contributed by atoms with Crippen molar-refractivity contribution in [3.63, 3.8) is 0 Å². The lowest BCUT2D eigenvalue weighted by Gasteiger charge is -2.10. The molecule has 2 aromatic heterocycles. The molecule has 0 saturated heterocycles. The SMILES string of the molecule is COc1cc(/C=C(\CC(=O)O)c2nc(-c3ccsc3)no2)cc(Cl)c1OC. The molecule has 0 amide bonds. The minimum atomic E-state index is -1.02. The van der Waals surface area contributed by atoms with Crippen molar-refractivity contribution in [3.8, 4) is 22.9 Å². The largest absolute Gasteiger partial charge is 0.493 e. The number of rotatable bonds is 7. The normalized spacial score (nSPS) is 11.4. The second-order valence-electron chi connectivity index (χ2n) is 5.41. The Balaban J connectivity index is 2.03. The number of aromatic nitrogens is 2. The van der Waals surface area contributed by atoms with E-state index in [0.717, 1.165) is 5.56 Å². The van der Waals surface area contributed by atoms with Gasteiger partial charge in [0.2, 0.25) is 5.82 Å². The third-order valence-electron chi connectivity index (χ3n) is 3.62. The van der Waals surface area contributed by atoms with Crippen LogP contribution in [0.4, 0.5) is 0 Å². The Morgan fingerprint density at radius 2 is 2.19 bits per heavy atom. The van der Waals surface area contributed by atoms with Gasteiger partial charge in [0.1, 0.15) is 0 Å². The number of carboxylic acids is 1. The van der Waals surface area contributed by atoms with Crippen LogP contribution in [0.3, 0.4) is 0 Å². The lowest BCUT2D eigenvalue weighted by molar-refractivity contribution is -0.135. The van der Waals surface area contributed by atoms with Gasteiger partial charge in [-0.25, -0.2) is 0 Å². The number of ether oxygens (including phenoxy) is 2. The molecule has 0 saturated carbocycles. The smallest absolute Gasteiger partial charge is 0.308 e. The number of carbonyl (C=O) groups is 1. The van der Waals surface area contributed by atoms with Crippen molar-refractivity contribution >= 4 is 40.6 Å². The first-order valence-electron chi connectivity index (χ1n) is 7.72. The fraction of sp³-hybridized carbons (Fsp3) is 0.167. The molecule has 0 aliphatic carbocycles. The Morgan fingerprint density at radius 3 is 2.81 bits per heavy atom. The average Bonchev–Trinajstić information content (AvgIpc) is 3.31. The lowest BCUT2D eigenvalue weighted by Crippen LogP contribution is -1.98. The number of halogens is 1. The molecule has 0 bridgehead atoms. The third-order valence-corrected chi connectivity index (χ3v) is 4.58. The van der Waals surface area contributed by atoms with Gasteiger partial charge in [-0.2, -0.15) is 16.3 Å². The van der Waals surface area contributed by atoms with E-state index in [2.05, 4.69) is 10.1 Å². The first-order chi connectivity index (χ1) is 13.0. The van der Waals surface area contributed by atoms with E-state index >= 15 is 0 Å². The Morgan fingerprint density at radius 1 is 1.37 bits per heavy atom. The number of benzene rings is 1. The summed E-state index contributed by atoms with van der Waals surface area (Å²) < 4.78 is 15.8. The summed E-state index contributed by atoms with van der Waals surface area (Å²) in [5, 5.41) is 17.3. The van der Waals surface area contributed by atoms with Crippen molar-refractivity contribution in [3.05, 3.63) is 45.4 Å². The number of aliphatic carboxylic acids is 1. The maximum Gasteiger partial charge on any atom is 0.308 e. The van der Waals surface area contributed by atoms with Crippen molar-refractivity contribution in [2.75, 3.05) is 14.2 Å². The minimum Gasteiger partial charge on any atom is -0.493 e. The summed E-state index contributed by atoms with van der Waals surface area (Å²) in [5.74, 6) is 0.324. The van der Waals surface area contributed by atoms with Crippen LogP contribution >= 0.6 is 22.9 Å². The second-order valence-corrected chi connectivity index (χ2v) is 6.60. The highest BCUT2D eigenvalue weighted by Crippen LogP contribution is 2.37. The van der Waals surface area contributed by atoms with E-state index in [1.807, 2.05) is 16.8 Å². The fourth-order valence-electron chi connectivity index (χ4n) is 2.44. The maximum absolute atomic E-state index is 11.3. The first kappa shape index (κ1) is 18.9. The quantitative estimate of drug-likeness (QED) is 0.617. The van der Waals surface area contributed by atoms with Gasteiger partial charge in [-0.3, -0.25) is 4.79 Å². The van der Waals surface area contributed by atoms with Crippen LogP contribution in [0.25, 0.3) is 23.0 Å². The molecule has 0 aliphatic rings. The van der Waals surface area contributed by atoms with Gasteiger partial charge in [-0.15, -0.1) is 0 Å². The van der Waals surface area contributed by atoms with Crippen LogP contribution in [0, 0.1) is 0 Å². The van der Waals surface area contributed by atoms with Crippen LogP contribution in [-0.4, -0.2) is 35.4 Å². The summed E-state index contributed by atoms with van der Waals surface area (Å²) >= 11 is 7.72. The summed E-state index contributed by atoms with van der Waals surface area (Å²) in [6, 6.07) is 5.18. The highest BCUT2D eigenvalue weighted by atomic mass is 35.5.